The van der Waals surface area contributed by atoms with E-state index in [9.17, 15) is 0 Å². The Morgan fingerprint density at radius 3 is 2.00 bits per heavy atom. The summed E-state index contributed by atoms with van der Waals surface area (Å²) >= 11 is 0. The Morgan fingerprint density at radius 1 is 0.545 bits per heavy atom. The molecule has 10 rings (SSSR count). The van der Waals surface area contributed by atoms with E-state index in [1.54, 1.807) is 0 Å². The molecule has 2 aromatic heterocycles. The van der Waals surface area contributed by atoms with Crippen LogP contribution in [-0.2, 0) is 10.8 Å². The van der Waals surface area contributed by atoms with E-state index in [1.165, 1.54) is 77.3 Å². The predicted molar refractivity (Wildman–Crippen MR) is 183 cm³/mol. The summed E-state index contributed by atoms with van der Waals surface area (Å²) in [6, 6.07) is 42.4. The van der Waals surface area contributed by atoms with Crippen molar-refractivity contribution >= 4 is 43.7 Å². The first-order valence-electron chi connectivity index (χ1n) is 15.6. The summed E-state index contributed by atoms with van der Waals surface area (Å²) < 4.78 is 9.41. The first-order valence-corrected chi connectivity index (χ1v) is 15.6. The second kappa shape index (κ2) is 7.89. The molecule has 2 heteroatoms. The van der Waals surface area contributed by atoms with Crippen LogP contribution in [0.2, 0.25) is 0 Å². The molecule has 2 aliphatic rings. The molecule has 0 aliphatic heterocycles. The minimum Gasteiger partial charge on any atom is -0.454 e. The molecule has 2 heterocycles. The van der Waals surface area contributed by atoms with Crippen molar-refractivity contribution in [2.75, 3.05) is 0 Å². The highest BCUT2D eigenvalue weighted by molar-refractivity contribution is 6.29. The quantitative estimate of drug-likeness (QED) is 0.194. The van der Waals surface area contributed by atoms with E-state index in [1.807, 2.05) is 0 Å². The van der Waals surface area contributed by atoms with Crippen LogP contribution in [-0.4, -0.2) is 4.57 Å². The summed E-state index contributed by atoms with van der Waals surface area (Å²) in [5, 5.41) is 4.96. The van der Waals surface area contributed by atoms with Crippen LogP contribution in [0.25, 0.3) is 71.7 Å². The van der Waals surface area contributed by atoms with Gasteiger partial charge in [0.2, 0.25) is 0 Å². The summed E-state index contributed by atoms with van der Waals surface area (Å²) in [5.74, 6) is 0. The van der Waals surface area contributed by atoms with Gasteiger partial charge in [-0.1, -0.05) is 119 Å². The Kier molecular flexibility index (Phi) is 4.37. The number of fused-ring (bicyclic) bond motifs is 15. The summed E-state index contributed by atoms with van der Waals surface area (Å²) in [6.45, 7) is 9.51. The Balaban J connectivity index is 1.42. The van der Waals surface area contributed by atoms with Crippen LogP contribution in [0.15, 0.2) is 120 Å². The van der Waals surface area contributed by atoms with Crippen molar-refractivity contribution < 1.29 is 4.42 Å². The van der Waals surface area contributed by atoms with Crippen LogP contribution < -0.4 is 0 Å². The molecule has 0 atom stereocenters. The first-order chi connectivity index (χ1) is 21.4. The maximum atomic E-state index is 6.93. The molecular formula is C42H31NO. The van der Waals surface area contributed by atoms with Gasteiger partial charge in [-0.05, 0) is 68.8 Å². The van der Waals surface area contributed by atoms with E-state index < -0.39 is 0 Å². The molecule has 0 unspecified atom stereocenters. The number of para-hydroxylation sites is 2. The van der Waals surface area contributed by atoms with Crippen molar-refractivity contribution in [1.82, 2.24) is 4.57 Å². The zero-order valence-corrected chi connectivity index (χ0v) is 25.3. The number of benzene rings is 6. The highest BCUT2D eigenvalue weighted by Crippen LogP contribution is 2.58. The van der Waals surface area contributed by atoms with Crippen molar-refractivity contribution in [3.63, 3.8) is 0 Å². The zero-order valence-electron chi connectivity index (χ0n) is 25.3. The molecule has 8 aromatic rings. The third kappa shape index (κ3) is 2.74. The Labute approximate surface area is 256 Å². The molecule has 210 valence electrons. The third-order valence-electron chi connectivity index (χ3n) is 10.8. The lowest BCUT2D eigenvalue weighted by molar-refractivity contribution is 0.659. The van der Waals surface area contributed by atoms with E-state index >= 15 is 0 Å². The van der Waals surface area contributed by atoms with Crippen molar-refractivity contribution in [2.24, 2.45) is 0 Å². The maximum Gasteiger partial charge on any atom is 0.160 e. The van der Waals surface area contributed by atoms with Gasteiger partial charge >= 0.3 is 0 Å². The predicted octanol–water partition coefficient (Wildman–Crippen LogP) is 11.3. The summed E-state index contributed by atoms with van der Waals surface area (Å²) in [6.07, 6.45) is 0. The average molecular weight is 566 g/mol. The summed E-state index contributed by atoms with van der Waals surface area (Å²) in [5.41, 5.74) is 16.0. The lowest BCUT2D eigenvalue weighted by atomic mass is 9.80. The largest absolute Gasteiger partial charge is 0.454 e. The fourth-order valence-corrected chi connectivity index (χ4v) is 8.79. The first kappa shape index (κ1) is 24.4. The van der Waals surface area contributed by atoms with Crippen LogP contribution in [0.1, 0.15) is 49.9 Å². The monoisotopic (exact) mass is 565 g/mol. The fraction of sp³-hybridized carbons (Fsp3) is 0.143. The number of hydrogen-bond donors (Lipinski definition) is 0. The van der Waals surface area contributed by atoms with Crippen molar-refractivity contribution in [1.29, 1.82) is 0 Å². The fourth-order valence-electron chi connectivity index (χ4n) is 8.79. The number of rotatable bonds is 1. The van der Waals surface area contributed by atoms with Crippen molar-refractivity contribution in [2.45, 2.75) is 38.5 Å². The van der Waals surface area contributed by atoms with Gasteiger partial charge in [-0.15, -0.1) is 0 Å². The van der Waals surface area contributed by atoms with E-state index in [4.69, 9.17) is 4.42 Å². The van der Waals surface area contributed by atoms with Gasteiger partial charge in [0.15, 0.2) is 5.58 Å². The van der Waals surface area contributed by atoms with Gasteiger partial charge in [0, 0.05) is 38.1 Å². The number of aromatic nitrogens is 1. The molecule has 2 aliphatic carbocycles. The van der Waals surface area contributed by atoms with Crippen molar-refractivity contribution in [3.8, 4) is 27.9 Å². The highest BCUT2D eigenvalue weighted by atomic mass is 16.3. The van der Waals surface area contributed by atoms with E-state index in [2.05, 4.69) is 148 Å². The van der Waals surface area contributed by atoms with Crippen molar-refractivity contribution in [3.05, 3.63) is 138 Å². The van der Waals surface area contributed by atoms with Gasteiger partial charge in [0.25, 0.3) is 0 Å². The lowest BCUT2D eigenvalue weighted by Crippen LogP contribution is -2.15. The Bertz CT molecular complexity index is 2550. The summed E-state index contributed by atoms with van der Waals surface area (Å²) in [4.78, 5) is 0. The van der Waals surface area contributed by atoms with Crippen LogP contribution in [0.5, 0.6) is 0 Å². The number of furan rings is 1. The Hall–Kier alpha value is -5.08. The Morgan fingerprint density at radius 2 is 1.18 bits per heavy atom. The molecule has 0 saturated carbocycles. The lowest BCUT2D eigenvalue weighted by Gasteiger charge is -2.23. The highest BCUT2D eigenvalue weighted by Gasteiger charge is 2.41. The summed E-state index contributed by atoms with van der Waals surface area (Å²) in [7, 11) is 0. The minimum atomic E-state index is -0.173. The molecule has 0 N–H and O–H groups in total. The molecule has 0 saturated heterocycles. The van der Waals surface area contributed by atoms with Gasteiger partial charge < -0.3 is 8.98 Å². The molecular weight excluding hydrogens is 534 g/mol. The molecule has 44 heavy (non-hydrogen) atoms. The maximum absolute atomic E-state index is 6.93. The SMILES string of the molecule is CC1(C)c2ccccc2-c2ccc(-n3c4ccccc4c4c5c(c6c7ccccc7oc6c43)-c3ccccc3C5(C)C)cc21. The van der Waals surface area contributed by atoms with E-state index in [0.29, 0.717) is 0 Å². The second-order valence-corrected chi connectivity index (χ2v) is 13.7. The molecule has 0 fully saturated rings. The van der Waals surface area contributed by atoms with Gasteiger partial charge in [-0.3, -0.25) is 0 Å². The number of hydrogen-bond acceptors (Lipinski definition) is 1. The molecule has 6 aromatic carbocycles. The molecule has 0 amide bonds. The van der Waals surface area contributed by atoms with Gasteiger partial charge in [-0.25, -0.2) is 0 Å². The average Bonchev–Trinajstić information content (AvgIpc) is 3.72. The number of nitrogens with zero attached hydrogens (tertiary/aromatic N) is 1. The van der Waals surface area contributed by atoms with Gasteiger partial charge in [0.1, 0.15) is 5.58 Å². The van der Waals surface area contributed by atoms with E-state index in [-0.39, 0.29) is 10.8 Å². The third-order valence-corrected chi connectivity index (χ3v) is 10.8. The standard InChI is InChI=1S/C42H31NO/c1-41(2)30-17-9-5-13-25(30)26-22-21-24(23-32(26)41)43-33-19-11-7-15-28(33)37-38-35(27-14-6-10-18-31(27)42(38,3)4)36-29-16-8-12-20-34(29)44-40(36)39(37)43/h5-23H,1-4H3. The molecule has 0 radical (unpaired) electrons. The molecule has 0 bridgehead atoms. The van der Waals surface area contributed by atoms with Gasteiger partial charge in [-0.2, -0.15) is 0 Å². The second-order valence-electron chi connectivity index (χ2n) is 13.7. The van der Waals surface area contributed by atoms with Crippen LogP contribution in [0.4, 0.5) is 0 Å². The normalized spacial score (nSPS) is 15.6. The van der Waals surface area contributed by atoms with Crippen LogP contribution >= 0.6 is 0 Å². The van der Waals surface area contributed by atoms with Crippen LogP contribution in [0, 0.1) is 0 Å². The smallest absolute Gasteiger partial charge is 0.160 e. The topological polar surface area (TPSA) is 18.1 Å². The zero-order chi connectivity index (χ0) is 29.5. The molecule has 0 spiro atoms. The molecule has 2 nitrogen and oxygen atoms in total. The van der Waals surface area contributed by atoms with E-state index in [0.717, 1.165) is 16.7 Å². The van der Waals surface area contributed by atoms with Gasteiger partial charge in [0.05, 0.1) is 11.0 Å². The minimum absolute atomic E-state index is 0.0831. The van der Waals surface area contributed by atoms with Crippen LogP contribution in [0.3, 0.4) is 0 Å².